The predicted octanol–water partition coefficient (Wildman–Crippen LogP) is 2.78. The minimum Gasteiger partial charge on any atom is -0.396 e. The molecular formula is C14H19ClN2O4. The molecule has 6 nitrogen and oxygen atoms in total. The van der Waals surface area contributed by atoms with Gasteiger partial charge in [0.2, 0.25) is 0 Å². The summed E-state index contributed by atoms with van der Waals surface area (Å²) in [6.07, 6.45) is 1.44. The zero-order valence-electron chi connectivity index (χ0n) is 12.1. The Bertz CT molecular complexity index is 521. The van der Waals surface area contributed by atoms with Gasteiger partial charge in [0.1, 0.15) is 0 Å². The standard InChI is InChI=1S/C14H19ClN2O4/c1-3-14(4-2,9-18)8-16-13(19)10-5-11(15)7-12(6-10)17(20)21/h5-7,18H,3-4,8-9H2,1-2H3,(H,16,19). The number of carbonyl (C=O) groups is 1. The van der Waals surface area contributed by atoms with Crippen molar-refractivity contribution in [2.24, 2.45) is 5.41 Å². The van der Waals surface area contributed by atoms with E-state index in [-0.39, 0.29) is 28.3 Å². The number of non-ortho nitro benzene ring substituents is 1. The number of hydrogen-bond acceptors (Lipinski definition) is 4. The van der Waals surface area contributed by atoms with E-state index in [0.717, 1.165) is 12.8 Å². The van der Waals surface area contributed by atoms with Crippen LogP contribution < -0.4 is 5.32 Å². The maximum Gasteiger partial charge on any atom is 0.271 e. The first-order valence-electron chi connectivity index (χ1n) is 6.71. The van der Waals surface area contributed by atoms with Crippen LogP contribution in [0, 0.1) is 15.5 Å². The summed E-state index contributed by atoms with van der Waals surface area (Å²) in [6.45, 7) is 4.15. The lowest BCUT2D eigenvalue weighted by atomic mass is 9.83. The normalized spacial score (nSPS) is 11.2. The monoisotopic (exact) mass is 314 g/mol. The van der Waals surface area contributed by atoms with Crippen LogP contribution in [0.15, 0.2) is 18.2 Å². The van der Waals surface area contributed by atoms with Crippen molar-refractivity contribution in [2.45, 2.75) is 26.7 Å². The molecular weight excluding hydrogens is 296 g/mol. The van der Waals surface area contributed by atoms with Gasteiger partial charge in [0.15, 0.2) is 0 Å². The lowest BCUT2D eigenvalue weighted by Crippen LogP contribution is -2.39. The molecule has 0 aliphatic rings. The van der Waals surface area contributed by atoms with Crippen LogP contribution in [0.5, 0.6) is 0 Å². The molecule has 0 saturated heterocycles. The van der Waals surface area contributed by atoms with E-state index in [1.165, 1.54) is 18.2 Å². The fourth-order valence-corrected chi connectivity index (χ4v) is 2.19. The van der Waals surface area contributed by atoms with Crippen LogP contribution in [0.3, 0.4) is 0 Å². The summed E-state index contributed by atoms with van der Waals surface area (Å²) in [7, 11) is 0. The van der Waals surface area contributed by atoms with Gasteiger partial charge in [-0.15, -0.1) is 0 Å². The number of nitro groups is 1. The van der Waals surface area contributed by atoms with Gasteiger partial charge in [-0.2, -0.15) is 0 Å². The number of carbonyl (C=O) groups excluding carboxylic acids is 1. The Morgan fingerprint density at radius 1 is 1.38 bits per heavy atom. The number of hydrogen-bond donors (Lipinski definition) is 2. The molecule has 0 bridgehead atoms. The van der Waals surface area contributed by atoms with E-state index in [1.807, 2.05) is 13.8 Å². The highest BCUT2D eigenvalue weighted by Gasteiger charge is 2.26. The van der Waals surface area contributed by atoms with Crippen molar-refractivity contribution < 1.29 is 14.8 Å². The Morgan fingerprint density at radius 2 is 2.00 bits per heavy atom. The number of nitro benzene ring substituents is 1. The largest absolute Gasteiger partial charge is 0.396 e. The zero-order chi connectivity index (χ0) is 16.0. The second-order valence-corrected chi connectivity index (χ2v) is 5.44. The molecule has 1 rings (SSSR count). The minimum atomic E-state index is -0.598. The van der Waals surface area contributed by atoms with Gasteiger partial charge < -0.3 is 10.4 Å². The Labute approximate surface area is 128 Å². The van der Waals surface area contributed by atoms with Gasteiger partial charge >= 0.3 is 0 Å². The Kier molecular flexibility index (Phi) is 6.11. The molecule has 0 heterocycles. The van der Waals surface area contributed by atoms with Gasteiger partial charge in [-0.05, 0) is 18.9 Å². The van der Waals surface area contributed by atoms with E-state index < -0.39 is 10.8 Å². The van der Waals surface area contributed by atoms with Gasteiger partial charge in [-0.1, -0.05) is 25.4 Å². The van der Waals surface area contributed by atoms with E-state index in [9.17, 15) is 20.0 Å². The average molecular weight is 315 g/mol. The highest BCUT2D eigenvalue weighted by molar-refractivity contribution is 6.31. The smallest absolute Gasteiger partial charge is 0.271 e. The molecule has 116 valence electrons. The maximum atomic E-state index is 12.1. The fraction of sp³-hybridized carbons (Fsp3) is 0.500. The number of aliphatic hydroxyl groups is 1. The number of halogens is 1. The van der Waals surface area contributed by atoms with Crippen LogP contribution in [0.2, 0.25) is 5.02 Å². The van der Waals surface area contributed by atoms with Crippen molar-refractivity contribution in [1.82, 2.24) is 5.32 Å². The molecule has 2 N–H and O–H groups in total. The second-order valence-electron chi connectivity index (χ2n) is 5.00. The minimum absolute atomic E-state index is 0.0318. The molecule has 21 heavy (non-hydrogen) atoms. The summed E-state index contributed by atoms with van der Waals surface area (Å²) in [5.74, 6) is -0.444. The van der Waals surface area contributed by atoms with E-state index in [2.05, 4.69) is 5.32 Å². The number of rotatable bonds is 7. The van der Waals surface area contributed by atoms with Crippen LogP contribution in [-0.4, -0.2) is 29.1 Å². The number of nitrogens with one attached hydrogen (secondary N) is 1. The van der Waals surface area contributed by atoms with Gasteiger partial charge in [-0.3, -0.25) is 14.9 Å². The van der Waals surface area contributed by atoms with Crippen LogP contribution in [-0.2, 0) is 0 Å². The highest BCUT2D eigenvalue weighted by Crippen LogP contribution is 2.25. The van der Waals surface area contributed by atoms with Crippen molar-refractivity contribution in [3.63, 3.8) is 0 Å². The molecule has 0 spiro atoms. The quantitative estimate of drug-likeness (QED) is 0.598. The first-order valence-corrected chi connectivity index (χ1v) is 7.09. The van der Waals surface area contributed by atoms with Crippen molar-refractivity contribution in [1.29, 1.82) is 0 Å². The van der Waals surface area contributed by atoms with E-state index in [1.54, 1.807) is 0 Å². The summed E-state index contributed by atoms with van der Waals surface area (Å²) in [6, 6.07) is 3.75. The zero-order valence-corrected chi connectivity index (χ0v) is 12.8. The Balaban J connectivity index is 2.87. The molecule has 0 aliphatic carbocycles. The molecule has 0 saturated carbocycles. The third kappa shape index (κ3) is 4.41. The number of aliphatic hydroxyl groups excluding tert-OH is 1. The third-order valence-corrected chi connectivity index (χ3v) is 4.03. The summed E-state index contributed by atoms with van der Waals surface area (Å²) in [4.78, 5) is 22.3. The van der Waals surface area contributed by atoms with E-state index in [0.29, 0.717) is 6.54 Å². The first kappa shape index (κ1) is 17.4. The molecule has 0 aliphatic heterocycles. The van der Waals surface area contributed by atoms with E-state index in [4.69, 9.17) is 11.6 Å². The second kappa shape index (κ2) is 7.38. The van der Waals surface area contributed by atoms with Crippen LogP contribution in [0.4, 0.5) is 5.69 Å². The number of benzene rings is 1. The van der Waals surface area contributed by atoms with Gasteiger partial charge in [-0.25, -0.2) is 0 Å². The Hall–Kier alpha value is -1.66. The van der Waals surface area contributed by atoms with E-state index >= 15 is 0 Å². The summed E-state index contributed by atoms with van der Waals surface area (Å²) in [5.41, 5.74) is -0.472. The lowest BCUT2D eigenvalue weighted by molar-refractivity contribution is -0.384. The number of amides is 1. The van der Waals surface area contributed by atoms with Crippen molar-refractivity contribution in [3.8, 4) is 0 Å². The molecule has 7 heteroatoms. The van der Waals surface area contributed by atoms with Gasteiger partial charge in [0, 0.05) is 34.7 Å². The topological polar surface area (TPSA) is 92.5 Å². The SMILES string of the molecule is CCC(CC)(CO)CNC(=O)c1cc(Cl)cc([N+](=O)[O-])c1. The summed E-state index contributed by atoms with van der Waals surface area (Å²) in [5, 5.41) is 23.1. The molecule has 1 aromatic carbocycles. The molecule has 0 atom stereocenters. The van der Waals surface area contributed by atoms with Gasteiger partial charge in [0.05, 0.1) is 11.5 Å². The van der Waals surface area contributed by atoms with Crippen LogP contribution in [0.25, 0.3) is 0 Å². The van der Waals surface area contributed by atoms with Gasteiger partial charge in [0.25, 0.3) is 11.6 Å². The van der Waals surface area contributed by atoms with Crippen LogP contribution >= 0.6 is 11.6 Å². The van der Waals surface area contributed by atoms with Crippen molar-refractivity contribution in [3.05, 3.63) is 38.9 Å². The Morgan fingerprint density at radius 3 is 2.48 bits per heavy atom. The summed E-state index contributed by atoms with van der Waals surface area (Å²) < 4.78 is 0. The predicted molar refractivity (Wildman–Crippen MR) is 80.5 cm³/mol. The highest BCUT2D eigenvalue weighted by atomic mass is 35.5. The summed E-state index contributed by atoms with van der Waals surface area (Å²) >= 11 is 5.79. The molecule has 0 aromatic heterocycles. The first-order chi connectivity index (χ1) is 9.87. The van der Waals surface area contributed by atoms with Crippen molar-refractivity contribution in [2.75, 3.05) is 13.2 Å². The van der Waals surface area contributed by atoms with Crippen molar-refractivity contribution >= 4 is 23.2 Å². The maximum absolute atomic E-state index is 12.1. The van der Waals surface area contributed by atoms with Crippen LogP contribution in [0.1, 0.15) is 37.0 Å². The third-order valence-electron chi connectivity index (χ3n) is 3.81. The lowest BCUT2D eigenvalue weighted by Gasteiger charge is -2.29. The number of nitrogens with zero attached hydrogens (tertiary/aromatic N) is 1. The average Bonchev–Trinajstić information content (AvgIpc) is 2.48. The molecule has 1 amide bonds. The molecule has 1 aromatic rings. The fourth-order valence-electron chi connectivity index (χ4n) is 1.96. The molecule has 0 unspecified atom stereocenters. The molecule has 0 fully saturated rings. The molecule has 0 radical (unpaired) electrons.